The number of hydrogen-bond acceptors (Lipinski definition) is 5. The first kappa shape index (κ1) is 24.5. The summed E-state index contributed by atoms with van der Waals surface area (Å²) in [4.78, 5) is 6.87. The largest absolute Gasteiger partial charge is 0.497 e. The fourth-order valence-electron chi connectivity index (χ4n) is 5.26. The number of thiocarbonyl (C=S) groups is 1. The van der Waals surface area contributed by atoms with Crippen molar-refractivity contribution in [2.75, 3.05) is 18.6 Å². The van der Waals surface area contributed by atoms with Crippen LogP contribution in [-0.2, 0) is 11.3 Å². The minimum absolute atomic E-state index is 0.0813. The van der Waals surface area contributed by atoms with Crippen LogP contribution in [0.1, 0.15) is 36.3 Å². The number of nitrogens with zero attached hydrogens (tertiary/aromatic N) is 3. The average molecular weight is 527 g/mol. The zero-order valence-electron chi connectivity index (χ0n) is 21.2. The highest BCUT2D eigenvalue weighted by atomic mass is 32.1. The first-order chi connectivity index (χ1) is 18.7. The Labute approximate surface area is 228 Å². The smallest absolute Gasteiger partial charge is 0.174 e. The molecule has 0 spiro atoms. The van der Waals surface area contributed by atoms with Crippen LogP contribution >= 0.6 is 12.2 Å². The molecule has 38 heavy (non-hydrogen) atoms. The maximum atomic E-state index is 6.05. The van der Waals surface area contributed by atoms with Gasteiger partial charge in [0.15, 0.2) is 5.11 Å². The summed E-state index contributed by atoms with van der Waals surface area (Å²) in [5.74, 6) is 2.29. The Morgan fingerprint density at radius 1 is 0.974 bits per heavy atom. The molecular weight excluding hydrogens is 496 g/mol. The second-order valence-electron chi connectivity index (χ2n) is 9.49. The zero-order valence-corrected chi connectivity index (χ0v) is 22.0. The molecule has 194 valence electrons. The molecule has 2 aromatic heterocycles. The van der Waals surface area contributed by atoms with Crippen molar-refractivity contribution in [3.05, 3.63) is 103 Å². The Morgan fingerprint density at radius 3 is 2.42 bits per heavy atom. The first-order valence-corrected chi connectivity index (χ1v) is 13.3. The molecule has 0 unspecified atom stereocenters. The van der Waals surface area contributed by atoms with Crippen LogP contribution in [0.4, 0.5) is 5.69 Å². The van der Waals surface area contributed by atoms with E-state index in [4.69, 9.17) is 26.4 Å². The van der Waals surface area contributed by atoms with Gasteiger partial charge in [-0.1, -0.05) is 6.07 Å². The van der Waals surface area contributed by atoms with Crippen molar-refractivity contribution < 1.29 is 14.2 Å². The van der Waals surface area contributed by atoms with E-state index in [1.807, 2.05) is 66.9 Å². The lowest BCUT2D eigenvalue weighted by molar-refractivity contribution is 0.0961. The molecule has 8 heteroatoms. The van der Waals surface area contributed by atoms with Gasteiger partial charge in [-0.2, -0.15) is 0 Å². The summed E-state index contributed by atoms with van der Waals surface area (Å²) in [5.41, 5.74) is 3.10. The number of benzene rings is 2. The molecule has 2 aromatic carbocycles. The standard InChI is InChI=1S/C30H30N4O3S/c1-35-22-13-15-24(16-14-22)37-23-11-9-21(10-12-23)34-29(28(32-30(34)38)26-7-2-3-17-31-26)27-8-4-18-33(27)20-25-6-5-19-36-25/h2-4,7-18,25,28-29H,5-6,19-20H2,1H3,(H,32,38)/t25-,28-,29-/m0/s1. The summed E-state index contributed by atoms with van der Waals surface area (Å²) < 4.78 is 19.6. The van der Waals surface area contributed by atoms with Gasteiger partial charge in [0.05, 0.1) is 24.9 Å². The third kappa shape index (κ3) is 4.97. The lowest BCUT2D eigenvalue weighted by Crippen LogP contribution is -2.31. The van der Waals surface area contributed by atoms with Crippen molar-refractivity contribution in [1.82, 2.24) is 14.9 Å². The zero-order chi connectivity index (χ0) is 25.9. The van der Waals surface area contributed by atoms with E-state index in [1.165, 1.54) is 5.69 Å². The predicted molar refractivity (Wildman–Crippen MR) is 151 cm³/mol. The van der Waals surface area contributed by atoms with Gasteiger partial charge in [0, 0.05) is 36.9 Å². The van der Waals surface area contributed by atoms with E-state index in [2.05, 4.69) is 44.2 Å². The minimum atomic E-state index is -0.0999. The lowest BCUT2D eigenvalue weighted by atomic mass is 10.0. The molecule has 0 bridgehead atoms. The van der Waals surface area contributed by atoms with E-state index in [0.29, 0.717) is 5.11 Å². The van der Waals surface area contributed by atoms with Crippen molar-refractivity contribution in [2.45, 2.75) is 37.6 Å². The van der Waals surface area contributed by atoms with E-state index >= 15 is 0 Å². The molecule has 0 radical (unpaired) electrons. The summed E-state index contributed by atoms with van der Waals surface area (Å²) >= 11 is 5.91. The summed E-state index contributed by atoms with van der Waals surface area (Å²) in [6, 6.07) is 25.7. The molecule has 0 saturated carbocycles. The van der Waals surface area contributed by atoms with Crippen LogP contribution in [0.2, 0.25) is 0 Å². The van der Waals surface area contributed by atoms with Gasteiger partial charge in [0.1, 0.15) is 23.3 Å². The molecule has 6 rings (SSSR count). The second kappa shape index (κ2) is 10.8. The van der Waals surface area contributed by atoms with Crippen LogP contribution < -0.4 is 19.7 Å². The molecule has 2 aliphatic rings. The van der Waals surface area contributed by atoms with Crippen molar-refractivity contribution in [3.8, 4) is 17.2 Å². The normalized spacial score (nSPS) is 20.9. The summed E-state index contributed by atoms with van der Waals surface area (Å²) in [6.45, 7) is 1.66. The van der Waals surface area contributed by atoms with Crippen molar-refractivity contribution in [2.24, 2.45) is 0 Å². The molecule has 2 aliphatic heterocycles. The number of nitrogens with one attached hydrogen (secondary N) is 1. The molecule has 0 aliphatic carbocycles. The number of rotatable bonds is 8. The third-order valence-corrected chi connectivity index (χ3v) is 7.41. The number of anilines is 1. The summed E-state index contributed by atoms with van der Waals surface area (Å²) in [6.07, 6.45) is 6.40. The quantitative estimate of drug-likeness (QED) is 0.281. The van der Waals surface area contributed by atoms with Crippen LogP contribution in [-0.4, -0.2) is 34.5 Å². The Morgan fingerprint density at radius 2 is 1.74 bits per heavy atom. The molecule has 4 aromatic rings. The Balaban J connectivity index is 1.31. The first-order valence-electron chi connectivity index (χ1n) is 12.9. The highest BCUT2D eigenvalue weighted by molar-refractivity contribution is 7.80. The van der Waals surface area contributed by atoms with Gasteiger partial charge in [0.25, 0.3) is 0 Å². The number of aromatic nitrogens is 2. The average Bonchev–Trinajstić information content (AvgIpc) is 3.71. The maximum Gasteiger partial charge on any atom is 0.174 e. The summed E-state index contributed by atoms with van der Waals surface area (Å²) in [5, 5.41) is 4.22. The molecule has 2 fully saturated rings. The maximum absolute atomic E-state index is 6.05. The van der Waals surface area contributed by atoms with Crippen LogP contribution in [0.15, 0.2) is 91.3 Å². The molecule has 2 saturated heterocycles. The van der Waals surface area contributed by atoms with Gasteiger partial charge in [-0.15, -0.1) is 0 Å². The fraction of sp³-hybridized carbons (Fsp3) is 0.267. The number of hydrogen-bond donors (Lipinski definition) is 1. The van der Waals surface area contributed by atoms with Crippen LogP contribution in [0.25, 0.3) is 0 Å². The SMILES string of the molecule is COc1ccc(Oc2ccc(N3C(=S)N[C@@H](c4ccccn4)[C@@H]3c3cccn3C[C@@H]3CCCO3)cc2)cc1. The second-order valence-corrected chi connectivity index (χ2v) is 9.88. The Hall–Kier alpha value is -3.88. The molecular formula is C30H30N4O3S. The van der Waals surface area contributed by atoms with Gasteiger partial charge in [-0.25, -0.2) is 0 Å². The van der Waals surface area contributed by atoms with E-state index in [-0.39, 0.29) is 18.2 Å². The monoisotopic (exact) mass is 526 g/mol. The minimum Gasteiger partial charge on any atom is -0.497 e. The predicted octanol–water partition coefficient (Wildman–Crippen LogP) is 6.04. The molecule has 1 N–H and O–H groups in total. The molecule has 7 nitrogen and oxygen atoms in total. The van der Waals surface area contributed by atoms with E-state index in [0.717, 1.165) is 54.6 Å². The number of methoxy groups -OCH3 is 1. The van der Waals surface area contributed by atoms with Crippen LogP contribution in [0.5, 0.6) is 17.2 Å². The van der Waals surface area contributed by atoms with E-state index in [9.17, 15) is 0 Å². The number of ether oxygens (including phenoxy) is 3. The number of pyridine rings is 1. The van der Waals surface area contributed by atoms with Gasteiger partial charge >= 0.3 is 0 Å². The van der Waals surface area contributed by atoms with E-state index in [1.54, 1.807) is 7.11 Å². The molecule has 3 atom stereocenters. The van der Waals surface area contributed by atoms with Gasteiger partial charge in [-0.3, -0.25) is 4.98 Å². The van der Waals surface area contributed by atoms with Gasteiger partial charge in [-0.05, 0) is 97.9 Å². The Kier molecular flexibility index (Phi) is 6.98. The van der Waals surface area contributed by atoms with Crippen LogP contribution in [0, 0.1) is 0 Å². The van der Waals surface area contributed by atoms with Crippen molar-refractivity contribution >= 4 is 23.0 Å². The third-order valence-electron chi connectivity index (χ3n) is 7.10. The van der Waals surface area contributed by atoms with Crippen LogP contribution in [0.3, 0.4) is 0 Å². The highest BCUT2D eigenvalue weighted by Crippen LogP contribution is 2.42. The molecule has 0 amide bonds. The Bertz CT molecular complexity index is 1370. The van der Waals surface area contributed by atoms with Gasteiger partial charge < -0.3 is 29.0 Å². The topological polar surface area (TPSA) is 60.8 Å². The van der Waals surface area contributed by atoms with Crippen molar-refractivity contribution in [3.63, 3.8) is 0 Å². The molecule has 4 heterocycles. The van der Waals surface area contributed by atoms with E-state index < -0.39 is 0 Å². The van der Waals surface area contributed by atoms with Gasteiger partial charge in [0.2, 0.25) is 0 Å². The fourth-order valence-corrected chi connectivity index (χ4v) is 5.60. The lowest BCUT2D eigenvalue weighted by Gasteiger charge is -2.29. The van der Waals surface area contributed by atoms with Crippen molar-refractivity contribution in [1.29, 1.82) is 0 Å². The summed E-state index contributed by atoms with van der Waals surface area (Å²) in [7, 11) is 1.65. The highest BCUT2D eigenvalue weighted by Gasteiger charge is 2.42.